The molecular weight excluding hydrogens is 412 g/mol. The standard InChI is InChI=1S/C26H32N6O.H2/c1-17(2)24(19(4)27)20-15-18(3)25-23(16-20)30-31-26(29-25)28-21-7-9-22(10-8-21)33-14-13-32-11-5-6-12-32;/h7-10,15-16,27H,5-6,11-14H2,1-4H3,(H,28,29,31);1H. The van der Waals surface area contributed by atoms with Gasteiger partial charge in [0.15, 0.2) is 0 Å². The van der Waals surface area contributed by atoms with Gasteiger partial charge in [-0.3, -0.25) is 4.90 Å². The second-order valence-corrected chi connectivity index (χ2v) is 8.84. The highest BCUT2D eigenvalue weighted by Gasteiger charge is 2.13. The minimum Gasteiger partial charge on any atom is -0.492 e. The van der Waals surface area contributed by atoms with Crippen LogP contribution < -0.4 is 10.1 Å². The lowest BCUT2D eigenvalue weighted by atomic mass is 9.95. The zero-order valence-corrected chi connectivity index (χ0v) is 19.9. The molecule has 1 fully saturated rings. The summed E-state index contributed by atoms with van der Waals surface area (Å²) in [6, 6.07) is 11.9. The van der Waals surface area contributed by atoms with Gasteiger partial charge in [0.25, 0.3) is 0 Å². The van der Waals surface area contributed by atoms with Crippen LogP contribution in [0.15, 0.2) is 42.0 Å². The van der Waals surface area contributed by atoms with Gasteiger partial charge in [0, 0.05) is 24.9 Å². The summed E-state index contributed by atoms with van der Waals surface area (Å²) in [4.78, 5) is 7.13. The molecule has 174 valence electrons. The predicted octanol–water partition coefficient (Wildman–Crippen LogP) is 5.63. The number of likely N-dealkylation sites (tertiary alicyclic amines) is 1. The number of hydrogen-bond donors (Lipinski definition) is 2. The highest BCUT2D eigenvalue weighted by atomic mass is 16.5. The number of anilines is 2. The van der Waals surface area contributed by atoms with E-state index < -0.39 is 0 Å². The number of fused-ring (bicyclic) bond motifs is 1. The summed E-state index contributed by atoms with van der Waals surface area (Å²) in [5.41, 5.74) is 6.95. The van der Waals surface area contributed by atoms with Crippen LogP contribution in [0.2, 0.25) is 0 Å². The van der Waals surface area contributed by atoms with Crippen LogP contribution in [0.3, 0.4) is 0 Å². The lowest BCUT2D eigenvalue weighted by Gasteiger charge is -2.15. The van der Waals surface area contributed by atoms with Crippen LogP contribution in [-0.2, 0) is 0 Å². The second-order valence-electron chi connectivity index (χ2n) is 8.84. The molecule has 0 bridgehead atoms. The highest BCUT2D eigenvalue weighted by molar-refractivity contribution is 6.22. The summed E-state index contributed by atoms with van der Waals surface area (Å²) in [5.74, 6) is 1.31. The first-order valence-electron chi connectivity index (χ1n) is 11.5. The Morgan fingerprint density at radius 1 is 1.09 bits per heavy atom. The van der Waals surface area contributed by atoms with Gasteiger partial charge in [-0.1, -0.05) is 5.57 Å². The molecule has 2 heterocycles. The van der Waals surface area contributed by atoms with Crippen LogP contribution in [-0.4, -0.2) is 52.0 Å². The van der Waals surface area contributed by atoms with E-state index in [-0.39, 0.29) is 1.43 Å². The van der Waals surface area contributed by atoms with Gasteiger partial charge in [0.2, 0.25) is 5.95 Å². The van der Waals surface area contributed by atoms with Crippen LogP contribution in [0.5, 0.6) is 5.75 Å². The summed E-state index contributed by atoms with van der Waals surface area (Å²) in [6.45, 7) is 11.9. The SMILES string of the molecule is CC(=N)C(=C(C)C)c1cc(C)c2nc(Nc3ccc(OCCN4CCCC4)cc3)nnc2c1.[HH]. The molecule has 0 aliphatic carbocycles. The van der Waals surface area contributed by atoms with Gasteiger partial charge in [0.05, 0.1) is 5.52 Å². The molecule has 1 aliphatic rings. The molecule has 0 spiro atoms. The van der Waals surface area contributed by atoms with Gasteiger partial charge in [-0.05, 0) is 101 Å². The molecule has 0 atom stereocenters. The van der Waals surface area contributed by atoms with E-state index in [1.165, 1.54) is 25.9 Å². The van der Waals surface area contributed by atoms with Crippen molar-refractivity contribution in [3.63, 3.8) is 0 Å². The molecule has 1 aromatic heterocycles. The fourth-order valence-electron chi connectivity index (χ4n) is 4.35. The van der Waals surface area contributed by atoms with E-state index in [0.29, 0.717) is 18.3 Å². The molecule has 4 rings (SSSR count). The van der Waals surface area contributed by atoms with Crippen LogP contribution in [0.4, 0.5) is 11.6 Å². The molecule has 3 aromatic rings. The molecule has 1 saturated heterocycles. The molecule has 7 nitrogen and oxygen atoms in total. The third kappa shape index (κ3) is 5.54. The third-order valence-electron chi connectivity index (χ3n) is 5.90. The molecule has 1 aliphatic heterocycles. The fraction of sp³-hybridized carbons (Fsp3) is 0.385. The maximum atomic E-state index is 8.12. The normalized spacial score (nSPS) is 13.8. The summed E-state index contributed by atoms with van der Waals surface area (Å²) in [5, 5.41) is 20.0. The predicted molar refractivity (Wildman–Crippen MR) is 137 cm³/mol. The summed E-state index contributed by atoms with van der Waals surface area (Å²) in [6.07, 6.45) is 2.60. The number of rotatable bonds is 8. The van der Waals surface area contributed by atoms with E-state index in [0.717, 1.165) is 51.3 Å². The zero-order chi connectivity index (χ0) is 23.4. The Hall–Kier alpha value is -3.32. The van der Waals surface area contributed by atoms with E-state index >= 15 is 0 Å². The number of aromatic nitrogens is 3. The second kappa shape index (κ2) is 10.1. The number of aryl methyl sites for hydroxylation is 1. The van der Waals surface area contributed by atoms with Crippen LogP contribution in [0.25, 0.3) is 16.6 Å². The number of benzene rings is 2. The van der Waals surface area contributed by atoms with E-state index in [4.69, 9.17) is 10.1 Å². The van der Waals surface area contributed by atoms with Crippen molar-refractivity contribution in [3.8, 4) is 5.75 Å². The Labute approximate surface area is 196 Å². The minimum absolute atomic E-state index is 0. The van der Waals surface area contributed by atoms with E-state index in [2.05, 4.69) is 31.5 Å². The number of nitrogens with one attached hydrogen (secondary N) is 2. The van der Waals surface area contributed by atoms with Crippen LogP contribution in [0.1, 0.15) is 46.2 Å². The first kappa shape index (κ1) is 22.9. The van der Waals surface area contributed by atoms with Crippen LogP contribution >= 0.6 is 0 Å². The Morgan fingerprint density at radius 2 is 1.82 bits per heavy atom. The molecule has 0 amide bonds. The molecule has 7 heteroatoms. The van der Waals surface area contributed by atoms with Gasteiger partial charge in [-0.2, -0.15) is 0 Å². The van der Waals surface area contributed by atoms with Gasteiger partial charge < -0.3 is 15.5 Å². The van der Waals surface area contributed by atoms with E-state index in [9.17, 15) is 0 Å². The van der Waals surface area contributed by atoms with Crippen molar-refractivity contribution in [2.45, 2.75) is 40.5 Å². The average Bonchev–Trinajstić information content (AvgIpc) is 3.28. The Kier molecular flexibility index (Phi) is 6.99. The van der Waals surface area contributed by atoms with Crippen molar-refractivity contribution in [3.05, 3.63) is 53.1 Å². The topological polar surface area (TPSA) is 87.0 Å². The third-order valence-corrected chi connectivity index (χ3v) is 5.90. The van der Waals surface area contributed by atoms with Crippen molar-refractivity contribution in [2.75, 3.05) is 31.6 Å². The lowest BCUT2D eigenvalue weighted by molar-refractivity contribution is 0.238. The zero-order valence-electron chi connectivity index (χ0n) is 19.9. The van der Waals surface area contributed by atoms with Crippen molar-refractivity contribution in [1.29, 1.82) is 5.41 Å². The minimum atomic E-state index is 0. The fourth-order valence-corrected chi connectivity index (χ4v) is 4.35. The number of allylic oxidation sites excluding steroid dienone is 2. The van der Waals surface area contributed by atoms with Gasteiger partial charge >= 0.3 is 0 Å². The first-order chi connectivity index (χ1) is 15.9. The van der Waals surface area contributed by atoms with Crippen LogP contribution in [0, 0.1) is 12.3 Å². The highest BCUT2D eigenvalue weighted by Crippen LogP contribution is 2.26. The van der Waals surface area contributed by atoms with Gasteiger partial charge in [-0.15, -0.1) is 10.2 Å². The molecule has 0 saturated carbocycles. The maximum Gasteiger partial charge on any atom is 0.247 e. The van der Waals surface area contributed by atoms with Crippen molar-refractivity contribution in [1.82, 2.24) is 20.1 Å². The monoisotopic (exact) mass is 446 g/mol. The molecule has 0 unspecified atom stereocenters. The van der Waals surface area contributed by atoms with Gasteiger partial charge in [0.1, 0.15) is 17.9 Å². The molecular formula is C26H34N6O. The number of hydrogen-bond acceptors (Lipinski definition) is 7. The smallest absolute Gasteiger partial charge is 0.247 e. The molecule has 2 N–H and O–H groups in total. The summed E-state index contributed by atoms with van der Waals surface area (Å²) in [7, 11) is 0. The molecule has 0 radical (unpaired) electrons. The quantitative estimate of drug-likeness (QED) is 0.436. The summed E-state index contributed by atoms with van der Waals surface area (Å²) >= 11 is 0. The van der Waals surface area contributed by atoms with Gasteiger partial charge in [-0.25, -0.2) is 4.98 Å². The molecule has 2 aromatic carbocycles. The summed E-state index contributed by atoms with van der Waals surface area (Å²) < 4.78 is 5.88. The lowest BCUT2D eigenvalue weighted by Crippen LogP contribution is -2.25. The van der Waals surface area contributed by atoms with E-state index in [1.807, 2.05) is 58.0 Å². The Balaban J connectivity index is 0.00000324. The Bertz CT molecular complexity index is 1180. The average molecular weight is 447 g/mol. The number of ether oxygens (including phenoxy) is 1. The first-order valence-corrected chi connectivity index (χ1v) is 11.5. The number of nitrogens with zero attached hydrogens (tertiary/aromatic N) is 4. The van der Waals surface area contributed by atoms with Crippen molar-refractivity contribution in [2.24, 2.45) is 0 Å². The van der Waals surface area contributed by atoms with Crippen molar-refractivity contribution >= 4 is 34.0 Å². The largest absolute Gasteiger partial charge is 0.492 e. The van der Waals surface area contributed by atoms with E-state index in [1.54, 1.807) is 0 Å². The molecule has 33 heavy (non-hydrogen) atoms. The van der Waals surface area contributed by atoms with Crippen molar-refractivity contribution < 1.29 is 6.16 Å². The Morgan fingerprint density at radius 3 is 2.48 bits per heavy atom. The maximum absolute atomic E-state index is 8.12.